The van der Waals surface area contributed by atoms with Crippen LogP contribution >= 0.6 is 15.9 Å². The van der Waals surface area contributed by atoms with Crippen molar-refractivity contribution in [2.24, 2.45) is 0 Å². The first kappa shape index (κ1) is 15.4. The highest BCUT2D eigenvalue weighted by Gasteiger charge is 2.40. The van der Waals surface area contributed by atoms with E-state index in [-0.39, 0.29) is 0 Å². The Hall–Kier alpha value is -1.68. The third kappa shape index (κ3) is 3.20. The molecular weight excluding hydrogens is 339 g/mol. The predicted molar refractivity (Wildman–Crippen MR) is 58.4 cm³/mol. The van der Waals surface area contributed by atoms with Crippen LogP contribution in [0, 0.1) is 10.1 Å². The summed E-state index contributed by atoms with van der Waals surface area (Å²) >= 11 is 2.49. The van der Waals surface area contributed by atoms with E-state index in [1.165, 1.54) is 0 Å². The van der Waals surface area contributed by atoms with Crippen molar-refractivity contribution in [3.63, 3.8) is 0 Å². The van der Waals surface area contributed by atoms with E-state index >= 15 is 0 Å². The van der Waals surface area contributed by atoms with Crippen LogP contribution < -0.4 is 0 Å². The molecule has 2 N–H and O–H groups in total. The van der Waals surface area contributed by atoms with Crippen molar-refractivity contribution in [1.82, 2.24) is 0 Å². The van der Waals surface area contributed by atoms with Crippen LogP contribution in [-0.4, -0.2) is 21.1 Å². The molecular formula is C9H5BrF3NO5. The summed E-state index contributed by atoms with van der Waals surface area (Å²) in [5, 5.41) is 28.3. The van der Waals surface area contributed by atoms with Gasteiger partial charge in [-0.2, -0.15) is 13.2 Å². The first-order chi connectivity index (χ1) is 8.55. The summed E-state index contributed by atoms with van der Waals surface area (Å²) in [4.78, 5) is 20.1. The average molecular weight is 344 g/mol. The SMILES string of the molecule is O=C(O)C(O)c1cc([N+](=O)[O-])cc(Br)c1C(F)(F)F. The third-order valence-corrected chi connectivity index (χ3v) is 2.75. The fraction of sp³-hybridized carbons (Fsp3) is 0.222. The lowest BCUT2D eigenvalue weighted by molar-refractivity contribution is -0.385. The molecule has 19 heavy (non-hydrogen) atoms. The molecule has 0 aliphatic rings. The number of alkyl halides is 3. The Balaban J connectivity index is 3.63. The normalized spacial score (nSPS) is 13.1. The number of carbonyl (C=O) groups is 1. The number of hydrogen-bond donors (Lipinski definition) is 2. The van der Waals surface area contributed by atoms with Crippen LogP contribution in [0.4, 0.5) is 18.9 Å². The van der Waals surface area contributed by atoms with Gasteiger partial charge in [0.2, 0.25) is 0 Å². The molecule has 0 bridgehead atoms. The molecule has 0 saturated carbocycles. The van der Waals surface area contributed by atoms with Crippen LogP contribution in [-0.2, 0) is 11.0 Å². The van der Waals surface area contributed by atoms with E-state index in [0.29, 0.717) is 12.1 Å². The number of nitrogens with zero attached hydrogens (tertiary/aromatic N) is 1. The van der Waals surface area contributed by atoms with Gasteiger partial charge < -0.3 is 10.2 Å². The van der Waals surface area contributed by atoms with Gasteiger partial charge in [-0.15, -0.1) is 0 Å². The van der Waals surface area contributed by atoms with Crippen LogP contribution in [0.15, 0.2) is 16.6 Å². The minimum atomic E-state index is -4.97. The van der Waals surface area contributed by atoms with Crippen LogP contribution in [0.3, 0.4) is 0 Å². The topological polar surface area (TPSA) is 101 Å². The quantitative estimate of drug-likeness (QED) is 0.648. The highest BCUT2D eigenvalue weighted by molar-refractivity contribution is 9.10. The van der Waals surface area contributed by atoms with Crippen molar-refractivity contribution in [2.75, 3.05) is 0 Å². The zero-order valence-electron chi connectivity index (χ0n) is 8.81. The minimum Gasteiger partial charge on any atom is -0.479 e. The van der Waals surface area contributed by atoms with Gasteiger partial charge >= 0.3 is 12.1 Å². The van der Waals surface area contributed by atoms with Crippen molar-refractivity contribution in [1.29, 1.82) is 0 Å². The number of hydrogen-bond acceptors (Lipinski definition) is 4. The first-order valence-electron chi connectivity index (χ1n) is 4.51. The van der Waals surface area contributed by atoms with E-state index in [0.717, 1.165) is 0 Å². The number of aliphatic hydroxyl groups is 1. The zero-order valence-corrected chi connectivity index (χ0v) is 10.4. The van der Waals surface area contributed by atoms with E-state index < -0.39 is 44.5 Å². The molecule has 0 heterocycles. The first-order valence-corrected chi connectivity index (χ1v) is 5.31. The summed E-state index contributed by atoms with van der Waals surface area (Å²) in [7, 11) is 0. The average Bonchev–Trinajstić information content (AvgIpc) is 2.24. The molecule has 0 spiro atoms. The van der Waals surface area contributed by atoms with Gasteiger partial charge in [0.1, 0.15) is 0 Å². The second kappa shape index (κ2) is 5.13. The molecule has 104 valence electrons. The number of nitro benzene ring substituents is 1. The number of rotatable bonds is 3. The smallest absolute Gasteiger partial charge is 0.417 e. The molecule has 1 unspecified atom stereocenters. The van der Waals surface area contributed by atoms with Crippen molar-refractivity contribution in [3.05, 3.63) is 37.8 Å². The van der Waals surface area contributed by atoms with Gasteiger partial charge in [-0.1, -0.05) is 0 Å². The number of aliphatic hydroxyl groups excluding tert-OH is 1. The molecule has 1 atom stereocenters. The van der Waals surface area contributed by atoms with Gasteiger partial charge in [-0.05, 0) is 15.9 Å². The molecule has 0 amide bonds. The number of aliphatic carboxylic acids is 1. The maximum absolute atomic E-state index is 12.8. The molecule has 0 aromatic heterocycles. The summed E-state index contributed by atoms with van der Waals surface area (Å²) in [5.74, 6) is -1.95. The fourth-order valence-corrected chi connectivity index (χ4v) is 2.05. The molecule has 0 saturated heterocycles. The lowest BCUT2D eigenvalue weighted by Gasteiger charge is -2.16. The highest BCUT2D eigenvalue weighted by atomic mass is 79.9. The Kier molecular flexibility index (Phi) is 4.15. The van der Waals surface area contributed by atoms with Gasteiger partial charge in [-0.25, -0.2) is 4.79 Å². The number of halogens is 4. The van der Waals surface area contributed by atoms with E-state index in [2.05, 4.69) is 15.9 Å². The Morgan fingerprint density at radius 1 is 1.42 bits per heavy atom. The molecule has 6 nitrogen and oxygen atoms in total. The van der Waals surface area contributed by atoms with Crippen LogP contribution in [0.2, 0.25) is 0 Å². The van der Waals surface area contributed by atoms with Gasteiger partial charge in [0.25, 0.3) is 5.69 Å². The lowest BCUT2D eigenvalue weighted by atomic mass is 10.0. The van der Waals surface area contributed by atoms with Crippen molar-refractivity contribution < 1.29 is 33.1 Å². The van der Waals surface area contributed by atoms with E-state index in [4.69, 9.17) is 5.11 Å². The Bertz CT molecular complexity index is 545. The lowest BCUT2D eigenvalue weighted by Crippen LogP contribution is -2.18. The summed E-state index contributed by atoms with van der Waals surface area (Å²) in [5.41, 5.74) is -3.33. The molecule has 0 fully saturated rings. The van der Waals surface area contributed by atoms with E-state index in [1.54, 1.807) is 0 Å². The predicted octanol–water partition coefficient (Wildman–Crippen LogP) is 2.49. The van der Waals surface area contributed by atoms with Gasteiger partial charge in [0, 0.05) is 22.2 Å². The third-order valence-electron chi connectivity index (χ3n) is 2.13. The number of nitro groups is 1. The minimum absolute atomic E-state index is 0.381. The zero-order chi connectivity index (χ0) is 15.0. The molecule has 1 rings (SSSR count). The molecule has 0 aliphatic heterocycles. The number of benzene rings is 1. The summed E-state index contributed by atoms with van der Waals surface area (Å²) < 4.78 is 37.6. The second-order valence-electron chi connectivity index (χ2n) is 3.39. The monoisotopic (exact) mass is 343 g/mol. The van der Waals surface area contributed by atoms with Crippen LogP contribution in [0.25, 0.3) is 0 Å². The van der Waals surface area contributed by atoms with Crippen molar-refractivity contribution in [2.45, 2.75) is 12.3 Å². The number of carboxylic acid groups (broad SMARTS) is 1. The standard InChI is InChI=1S/C9H5BrF3NO5/c10-5-2-3(14(18)19)1-4(7(15)8(16)17)6(5)9(11,12)13/h1-2,7,15H,(H,16,17). The van der Waals surface area contributed by atoms with E-state index in [1.807, 2.05) is 0 Å². The van der Waals surface area contributed by atoms with Gasteiger partial charge in [0.05, 0.1) is 10.5 Å². The Morgan fingerprint density at radius 3 is 2.32 bits per heavy atom. The Labute approximate surface area is 111 Å². The second-order valence-corrected chi connectivity index (χ2v) is 4.24. The van der Waals surface area contributed by atoms with Crippen molar-refractivity contribution >= 4 is 27.6 Å². The van der Waals surface area contributed by atoms with E-state index in [9.17, 15) is 33.2 Å². The Morgan fingerprint density at radius 2 is 1.95 bits per heavy atom. The molecule has 0 aliphatic carbocycles. The maximum atomic E-state index is 12.8. The fourth-order valence-electron chi connectivity index (χ4n) is 1.37. The summed E-state index contributed by atoms with van der Waals surface area (Å²) in [6.45, 7) is 0. The van der Waals surface area contributed by atoms with Gasteiger partial charge in [0.15, 0.2) is 6.10 Å². The summed E-state index contributed by atoms with van der Waals surface area (Å²) in [6.07, 6.45) is -7.49. The number of carboxylic acids is 1. The van der Waals surface area contributed by atoms with Crippen molar-refractivity contribution in [3.8, 4) is 0 Å². The largest absolute Gasteiger partial charge is 0.479 e. The number of non-ortho nitro benzene ring substituents is 1. The van der Waals surface area contributed by atoms with Crippen LogP contribution in [0.1, 0.15) is 17.2 Å². The van der Waals surface area contributed by atoms with Crippen LogP contribution in [0.5, 0.6) is 0 Å². The summed E-state index contributed by atoms with van der Waals surface area (Å²) in [6, 6.07) is 0.966. The molecule has 1 aromatic rings. The maximum Gasteiger partial charge on any atom is 0.417 e. The highest BCUT2D eigenvalue weighted by Crippen LogP contribution is 2.41. The molecule has 10 heteroatoms. The molecule has 1 aromatic carbocycles. The van der Waals surface area contributed by atoms with Gasteiger partial charge in [-0.3, -0.25) is 10.1 Å². The molecule has 0 radical (unpaired) electrons.